The van der Waals surface area contributed by atoms with E-state index in [0.717, 1.165) is 16.7 Å². The Balaban J connectivity index is 1.98. The maximum atomic E-state index is 14.3. The zero-order valence-electron chi connectivity index (χ0n) is 15.8. The van der Waals surface area contributed by atoms with Crippen molar-refractivity contribution in [3.8, 4) is 0 Å². The van der Waals surface area contributed by atoms with Gasteiger partial charge in [-0.3, -0.25) is 4.79 Å². The van der Waals surface area contributed by atoms with Gasteiger partial charge in [0.2, 0.25) is 0 Å². The molecule has 0 aliphatic carbocycles. The summed E-state index contributed by atoms with van der Waals surface area (Å²) < 4.78 is 42.3. The third-order valence-electron chi connectivity index (χ3n) is 4.80. The smallest absolute Gasteiger partial charge is 0.321 e. The lowest BCUT2D eigenvalue weighted by molar-refractivity contribution is 0.208. The van der Waals surface area contributed by atoms with E-state index >= 15 is 0 Å². The molecule has 0 aliphatic heterocycles. The van der Waals surface area contributed by atoms with Crippen molar-refractivity contribution >= 4 is 34.1 Å². The minimum atomic E-state index is -1.23. The number of aromatic nitrogens is 1. The molecule has 0 saturated heterocycles. The Bertz CT molecular complexity index is 1180. The van der Waals surface area contributed by atoms with Crippen LogP contribution in [0.15, 0.2) is 41.3 Å². The lowest BCUT2D eigenvalue weighted by Crippen LogP contribution is -2.34. The van der Waals surface area contributed by atoms with E-state index in [1.54, 1.807) is 6.92 Å². The minimum absolute atomic E-state index is 0.139. The van der Waals surface area contributed by atoms with Gasteiger partial charge in [0.1, 0.15) is 5.82 Å². The minimum Gasteiger partial charge on any atom is -0.321 e. The van der Waals surface area contributed by atoms with Gasteiger partial charge in [0.15, 0.2) is 11.6 Å². The Morgan fingerprint density at radius 2 is 1.83 bits per heavy atom. The Hall–Kier alpha value is -3.00. The third kappa shape index (κ3) is 3.80. The molecule has 1 N–H and O–H groups in total. The van der Waals surface area contributed by atoms with E-state index in [1.165, 1.54) is 43.4 Å². The number of carbonyl (C=O) groups excluding carboxylic acids is 1. The molecule has 1 unspecified atom stereocenters. The summed E-state index contributed by atoms with van der Waals surface area (Å²) in [6.07, 6.45) is 1.48. The van der Waals surface area contributed by atoms with Crippen molar-refractivity contribution in [3.63, 3.8) is 0 Å². The van der Waals surface area contributed by atoms with Crippen LogP contribution in [-0.4, -0.2) is 22.5 Å². The molecule has 0 saturated carbocycles. The van der Waals surface area contributed by atoms with Gasteiger partial charge in [0.05, 0.1) is 16.5 Å². The van der Waals surface area contributed by atoms with Crippen LogP contribution in [0, 0.1) is 17.5 Å². The molecule has 9 heteroatoms. The molecule has 0 radical (unpaired) electrons. The summed E-state index contributed by atoms with van der Waals surface area (Å²) in [5.41, 5.74) is 0.0654. The lowest BCUT2D eigenvalue weighted by atomic mass is 10.0. The molecular formula is C20H17ClF3N3O2. The molecule has 2 amide bonds. The number of nitrogens with one attached hydrogen (secondary N) is 1. The molecule has 2 aromatic carbocycles. The molecule has 1 heterocycles. The van der Waals surface area contributed by atoms with E-state index in [1.807, 2.05) is 0 Å². The van der Waals surface area contributed by atoms with Gasteiger partial charge in [-0.25, -0.2) is 18.0 Å². The van der Waals surface area contributed by atoms with Crippen molar-refractivity contribution in [3.05, 3.63) is 74.9 Å². The van der Waals surface area contributed by atoms with Crippen LogP contribution in [0.25, 0.3) is 10.8 Å². The summed E-state index contributed by atoms with van der Waals surface area (Å²) in [7, 11) is 2.92. The van der Waals surface area contributed by atoms with Gasteiger partial charge < -0.3 is 14.8 Å². The third-order valence-corrected chi connectivity index (χ3v) is 5.08. The predicted octanol–water partition coefficient (Wildman–Crippen LogP) is 4.83. The first-order valence-corrected chi connectivity index (χ1v) is 8.95. The fraction of sp³-hybridized carbons (Fsp3) is 0.200. The van der Waals surface area contributed by atoms with Gasteiger partial charge >= 0.3 is 6.03 Å². The zero-order chi connectivity index (χ0) is 21.5. The Morgan fingerprint density at radius 3 is 2.48 bits per heavy atom. The van der Waals surface area contributed by atoms with Gasteiger partial charge in [-0.05, 0) is 42.1 Å². The van der Waals surface area contributed by atoms with Crippen LogP contribution >= 0.6 is 11.6 Å². The first-order chi connectivity index (χ1) is 13.6. The van der Waals surface area contributed by atoms with E-state index in [2.05, 4.69) is 5.32 Å². The highest BCUT2D eigenvalue weighted by atomic mass is 35.5. The van der Waals surface area contributed by atoms with Crippen molar-refractivity contribution in [2.45, 2.75) is 13.0 Å². The van der Waals surface area contributed by atoms with Crippen molar-refractivity contribution in [1.82, 2.24) is 9.47 Å². The average molecular weight is 424 g/mol. The molecule has 0 spiro atoms. The van der Waals surface area contributed by atoms with Crippen molar-refractivity contribution < 1.29 is 18.0 Å². The van der Waals surface area contributed by atoms with Gasteiger partial charge in [-0.2, -0.15) is 0 Å². The molecule has 29 heavy (non-hydrogen) atoms. The number of rotatable bonds is 3. The second-order valence-corrected chi connectivity index (χ2v) is 7.04. The van der Waals surface area contributed by atoms with Crippen LogP contribution in [-0.2, 0) is 7.05 Å². The van der Waals surface area contributed by atoms with Crippen LogP contribution < -0.4 is 10.9 Å². The summed E-state index contributed by atoms with van der Waals surface area (Å²) in [6.45, 7) is 1.68. The molecular weight excluding hydrogens is 407 g/mol. The standard InChI is InChI=1S/C20H17ClF3N3O2/c1-10(27(3)20(29)25-11-4-6-15(22)14(21)8-11)13-9-26(2)19(28)17-12(13)5-7-16(23)18(17)24/h4-10H,1-3H3,(H,25,29). The summed E-state index contributed by atoms with van der Waals surface area (Å²) in [6, 6.07) is 4.86. The van der Waals surface area contributed by atoms with Crippen molar-refractivity contribution in [1.29, 1.82) is 0 Å². The quantitative estimate of drug-likeness (QED) is 0.655. The molecule has 1 atom stereocenters. The fourth-order valence-corrected chi connectivity index (χ4v) is 3.20. The summed E-state index contributed by atoms with van der Waals surface area (Å²) in [5, 5.41) is 2.28. The predicted molar refractivity (Wildman–Crippen MR) is 106 cm³/mol. The second kappa shape index (κ2) is 7.79. The average Bonchev–Trinajstić information content (AvgIpc) is 2.68. The van der Waals surface area contributed by atoms with Crippen LogP contribution in [0.3, 0.4) is 0 Å². The highest BCUT2D eigenvalue weighted by Crippen LogP contribution is 2.28. The first kappa shape index (κ1) is 20.7. The maximum absolute atomic E-state index is 14.3. The van der Waals surface area contributed by atoms with Crippen LogP contribution in [0.2, 0.25) is 5.02 Å². The number of amides is 2. The van der Waals surface area contributed by atoms with E-state index < -0.39 is 35.1 Å². The summed E-state index contributed by atoms with van der Waals surface area (Å²) in [5.74, 6) is -2.97. The number of hydrogen-bond acceptors (Lipinski definition) is 2. The molecule has 0 bridgehead atoms. The molecule has 5 nitrogen and oxygen atoms in total. The molecule has 1 aromatic heterocycles. The number of aryl methyl sites for hydroxylation is 1. The highest BCUT2D eigenvalue weighted by molar-refractivity contribution is 6.31. The molecule has 3 aromatic rings. The van der Waals surface area contributed by atoms with E-state index in [0.29, 0.717) is 11.3 Å². The first-order valence-electron chi connectivity index (χ1n) is 8.58. The second-order valence-electron chi connectivity index (χ2n) is 6.63. The van der Waals surface area contributed by atoms with E-state index in [-0.39, 0.29) is 15.8 Å². The van der Waals surface area contributed by atoms with E-state index in [4.69, 9.17) is 11.6 Å². The number of fused-ring (bicyclic) bond motifs is 1. The van der Waals surface area contributed by atoms with Gasteiger partial charge in [-0.15, -0.1) is 0 Å². The van der Waals surface area contributed by atoms with Gasteiger partial charge in [0.25, 0.3) is 5.56 Å². The highest BCUT2D eigenvalue weighted by Gasteiger charge is 2.23. The van der Waals surface area contributed by atoms with Crippen LogP contribution in [0.4, 0.5) is 23.7 Å². The number of pyridine rings is 1. The topological polar surface area (TPSA) is 54.3 Å². The number of anilines is 1. The summed E-state index contributed by atoms with van der Waals surface area (Å²) >= 11 is 5.72. The molecule has 3 rings (SSSR count). The number of nitrogens with zero attached hydrogens (tertiary/aromatic N) is 2. The largest absolute Gasteiger partial charge is 0.322 e. The Kier molecular flexibility index (Phi) is 5.57. The van der Waals surface area contributed by atoms with Crippen LogP contribution in [0.5, 0.6) is 0 Å². The molecule has 0 aliphatic rings. The Labute approximate surface area is 169 Å². The van der Waals surface area contributed by atoms with Gasteiger partial charge in [-0.1, -0.05) is 17.7 Å². The maximum Gasteiger partial charge on any atom is 0.322 e. The monoisotopic (exact) mass is 423 g/mol. The van der Waals surface area contributed by atoms with Crippen molar-refractivity contribution in [2.24, 2.45) is 7.05 Å². The normalized spacial score (nSPS) is 12.1. The zero-order valence-corrected chi connectivity index (χ0v) is 16.5. The number of halogens is 4. The SMILES string of the molecule is CC(c1cn(C)c(=O)c2c(F)c(F)ccc12)N(C)C(=O)Nc1ccc(F)c(Cl)c1. The fourth-order valence-electron chi connectivity index (χ4n) is 3.02. The number of hydrogen-bond donors (Lipinski definition) is 1. The van der Waals surface area contributed by atoms with Gasteiger partial charge in [0, 0.05) is 26.0 Å². The molecule has 0 fully saturated rings. The number of urea groups is 1. The number of carbonyl (C=O) groups is 1. The number of benzene rings is 2. The Morgan fingerprint density at radius 1 is 1.17 bits per heavy atom. The summed E-state index contributed by atoms with van der Waals surface area (Å²) in [4.78, 5) is 26.2. The van der Waals surface area contributed by atoms with E-state index in [9.17, 15) is 22.8 Å². The van der Waals surface area contributed by atoms with Crippen LogP contribution in [0.1, 0.15) is 18.5 Å². The molecule has 152 valence electrons. The lowest BCUT2D eigenvalue weighted by Gasteiger charge is -2.27. The van der Waals surface area contributed by atoms with Crippen molar-refractivity contribution in [2.75, 3.05) is 12.4 Å².